The summed E-state index contributed by atoms with van der Waals surface area (Å²) in [5, 5.41) is 5.71. The Bertz CT molecular complexity index is 811. The van der Waals surface area contributed by atoms with Gasteiger partial charge in [-0.1, -0.05) is 6.07 Å². The van der Waals surface area contributed by atoms with Crippen LogP contribution in [0.5, 0.6) is 0 Å². The van der Waals surface area contributed by atoms with Crippen LogP contribution in [0.2, 0.25) is 0 Å². The van der Waals surface area contributed by atoms with Gasteiger partial charge in [-0.15, -0.1) is 0 Å². The molecule has 1 aromatic carbocycles. The molecule has 8 nitrogen and oxygen atoms in total. The highest BCUT2D eigenvalue weighted by Crippen LogP contribution is 2.18. The molecule has 2 heterocycles. The zero-order valence-corrected chi connectivity index (χ0v) is 17.1. The predicted octanol–water partition coefficient (Wildman–Crippen LogP) is 2.87. The second-order valence-electron chi connectivity index (χ2n) is 7.48. The Kier molecular flexibility index (Phi) is 6.28. The number of hydrogen-bond donors (Lipinski definition) is 2. The third-order valence-corrected chi connectivity index (χ3v) is 4.58. The van der Waals surface area contributed by atoms with Crippen LogP contribution in [0.3, 0.4) is 0 Å². The number of piperidine rings is 1. The average molecular weight is 384 g/mol. The molecule has 1 aliphatic heterocycles. The van der Waals surface area contributed by atoms with Gasteiger partial charge < -0.3 is 20.4 Å². The highest BCUT2D eigenvalue weighted by Gasteiger charge is 2.17. The van der Waals surface area contributed by atoms with Crippen LogP contribution < -0.4 is 20.4 Å². The number of urea groups is 1. The molecule has 2 aromatic rings. The number of benzene rings is 1. The Morgan fingerprint density at radius 3 is 2.36 bits per heavy atom. The van der Waals surface area contributed by atoms with Crippen molar-refractivity contribution in [1.29, 1.82) is 0 Å². The minimum atomic E-state index is -0.281. The number of aromatic nitrogens is 3. The van der Waals surface area contributed by atoms with E-state index in [-0.39, 0.29) is 12.6 Å². The summed E-state index contributed by atoms with van der Waals surface area (Å²) in [6.45, 7) is 6.16. The molecule has 0 radical (unpaired) electrons. The summed E-state index contributed by atoms with van der Waals surface area (Å²) < 4.78 is 0. The molecular weight excluding hydrogens is 354 g/mol. The van der Waals surface area contributed by atoms with Crippen LogP contribution in [-0.4, -0.2) is 48.2 Å². The molecule has 0 spiro atoms. The number of rotatable bonds is 5. The van der Waals surface area contributed by atoms with E-state index in [0.29, 0.717) is 17.7 Å². The van der Waals surface area contributed by atoms with E-state index in [2.05, 4.69) is 36.6 Å². The van der Waals surface area contributed by atoms with Gasteiger partial charge in [0.15, 0.2) is 5.82 Å². The number of carbonyl (C=O) groups excluding carboxylic acids is 1. The molecule has 1 saturated heterocycles. The Hall–Kier alpha value is -2.90. The molecule has 0 saturated carbocycles. The van der Waals surface area contributed by atoms with Gasteiger partial charge in [-0.2, -0.15) is 15.0 Å². The number of carbonyl (C=O) groups is 1. The maximum absolute atomic E-state index is 12.3. The maximum atomic E-state index is 12.3. The lowest BCUT2D eigenvalue weighted by Crippen LogP contribution is -2.33. The van der Waals surface area contributed by atoms with Crippen LogP contribution in [0.25, 0.3) is 0 Å². The van der Waals surface area contributed by atoms with Crippen LogP contribution in [0.15, 0.2) is 18.2 Å². The SMILES string of the molecule is Cc1cc(C)cc(NC(=O)NCc2nc(N(C)C)nc(N3CCCCC3)n2)c1. The van der Waals surface area contributed by atoms with E-state index in [9.17, 15) is 4.79 Å². The van der Waals surface area contributed by atoms with E-state index >= 15 is 0 Å². The standard InChI is InChI=1S/C20H29N7O/c1-14-10-15(2)12-16(11-14)22-20(28)21-13-17-23-18(26(3)4)25-19(24-17)27-8-6-5-7-9-27/h10-12H,5-9,13H2,1-4H3,(H2,21,22,28). The number of nitrogens with one attached hydrogen (secondary N) is 2. The predicted molar refractivity (Wildman–Crippen MR) is 112 cm³/mol. The van der Waals surface area contributed by atoms with Crippen molar-refractivity contribution >= 4 is 23.6 Å². The molecule has 3 rings (SSSR count). The molecule has 1 aliphatic rings. The van der Waals surface area contributed by atoms with E-state index < -0.39 is 0 Å². The molecule has 0 bridgehead atoms. The Balaban J connectivity index is 1.68. The fourth-order valence-corrected chi connectivity index (χ4v) is 3.29. The molecule has 0 aliphatic carbocycles. The number of anilines is 3. The first-order valence-electron chi connectivity index (χ1n) is 9.71. The van der Waals surface area contributed by atoms with Crippen LogP contribution in [0, 0.1) is 13.8 Å². The summed E-state index contributed by atoms with van der Waals surface area (Å²) in [7, 11) is 3.80. The largest absolute Gasteiger partial charge is 0.347 e. The van der Waals surface area contributed by atoms with Crippen molar-refractivity contribution in [3.05, 3.63) is 35.2 Å². The van der Waals surface area contributed by atoms with Crippen molar-refractivity contribution in [2.75, 3.05) is 42.3 Å². The minimum Gasteiger partial charge on any atom is -0.347 e. The summed E-state index contributed by atoms with van der Waals surface area (Å²) in [6.07, 6.45) is 3.54. The van der Waals surface area contributed by atoms with Crippen LogP contribution in [0.1, 0.15) is 36.2 Å². The summed E-state index contributed by atoms with van der Waals surface area (Å²) in [4.78, 5) is 30.0. The summed E-state index contributed by atoms with van der Waals surface area (Å²) in [6, 6.07) is 5.66. The van der Waals surface area contributed by atoms with Gasteiger partial charge in [0, 0.05) is 32.9 Å². The van der Waals surface area contributed by atoms with Gasteiger partial charge in [-0.25, -0.2) is 4.79 Å². The van der Waals surface area contributed by atoms with Crippen LogP contribution in [0.4, 0.5) is 22.4 Å². The minimum absolute atomic E-state index is 0.237. The van der Waals surface area contributed by atoms with Gasteiger partial charge in [-0.05, 0) is 56.4 Å². The topological polar surface area (TPSA) is 86.3 Å². The monoisotopic (exact) mass is 383 g/mol. The fourth-order valence-electron chi connectivity index (χ4n) is 3.29. The molecule has 1 aromatic heterocycles. The zero-order valence-electron chi connectivity index (χ0n) is 17.1. The molecule has 0 atom stereocenters. The fraction of sp³-hybridized carbons (Fsp3) is 0.500. The van der Waals surface area contributed by atoms with Crippen LogP contribution in [-0.2, 0) is 6.54 Å². The Morgan fingerprint density at radius 2 is 1.71 bits per heavy atom. The quantitative estimate of drug-likeness (QED) is 0.826. The lowest BCUT2D eigenvalue weighted by atomic mass is 10.1. The molecular formula is C20H29N7O. The van der Waals surface area contributed by atoms with Crippen molar-refractivity contribution in [3.63, 3.8) is 0 Å². The van der Waals surface area contributed by atoms with Gasteiger partial charge in [0.25, 0.3) is 0 Å². The lowest BCUT2D eigenvalue weighted by molar-refractivity contribution is 0.251. The molecule has 8 heteroatoms. The van der Waals surface area contributed by atoms with Crippen molar-refractivity contribution < 1.29 is 4.79 Å². The smallest absolute Gasteiger partial charge is 0.319 e. The third kappa shape index (κ3) is 5.31. The van der Waals surface area contributed by atoms with E-state index in [0.717, 1.165) is 42.7 Å². The maximum Gasteiger partial charge on any atom is 0.319 e. The first-order valence-corrected chi connectivity index (χ1v) is 9.71. The highest BCUT2D eigenvalue weighted by molar-refractivity contribution is 5.89. The lowest BCUT2D eigenvalue weighted by Gasteiger charge is -2.27. The second-order valence-corrected chi connectivity index (χ2v) is 7.48. The summed E-state index contributed by atoms with van der Waals surface area (Å²) in [5.41, 5.74) is 2.98. The van der Waals surface area contributed by atoms with Gasteiger partial charge in [-0.3, -0.25) is 0 Å². The van der Waals surface area contributed by atoms with Crippen LogP contribution >= 0.6 is 0 Å². The van der Waals surface area contributed by atoms with E-state index in [4.69, 9.17) is 0 Å². The van der Waals surface area contributed by atoms with E-state index in [1.807, 2.05) is 45.0 Å². The average Bonchev–Trinajstić information content (AvgIpc) is 2.66. The summed E-state index contributed by atoms with van der Waals surface area (Å²) in [5.74, 6) is 1.84. The molecule has 150 valence electrons. The molecule has 2 N–H and O–H groups in total. The number of aryl methyl sites for hydroxylation is 2. The second kappa shape index (κ2) is 8.86. The first kappa shape index (κ1) is 19.9. The van der Waals surface area contributed by atoms with Gasteiger partial charge in [0.05, 0.1) is 6.54 Å². The summed E-state index contributed by atoms with van der Waals surface area (Å²) >= 11 is 0. The van der Waals surface area contributed by atoms with Crippen molar-refractivity contribution in [3.8, 4) is 0 Å². The molecule has 1 fully saturated rings. The van der Waals surface area contributed by atoms with Gasteiger partial charge in [0.2, 0.25) is 11.9 Å². The number of hydrogen-bond acceptors (Lipinski definition) is 6. The molecule has 0 unspecified atom stereocenters. The molecule has 2 amide bonds. The highest BCUT2D eigenvalue weighted by atomic mass is 16.2. The van der Waals surface area contributed by atoms with Gasteiger partial charge in [0.1, 0.15) is 0 Å². The van der Waals surface area contributed by atoms with E-state index in [1.54, 1.807) is 0 Å². The normalized spacial score (nSPS) is 13.9. The number of nitrogens with zero attached hydrogens (tertiary/aromatic N) is 5. The van der Waals surface area contributed by atoms with Crippen molar-refractivity contribution in [2.24, 2.45) is 0 Å². The zero-order chi connectivity index (χ0) is 20.1. The molecule has 28 heavy (non-hydrogen) atoms. The first-order chi connectivity index (χ1) is 13.4. The van der Waals surface area contributed by atoms with Gasteiger partial charge >= 0.3 is 6.03 Å². The Morgan fingerprint density at radius 1 is 1.04 bits per heavy atom. The number of amides is 2. The third-order valence-electron chi connectivity index (χ3n) is 4.58. The Labute approximate surface area is 166 Å². The van der Waals surface area contributed by atoms with Crippen molar-refractivity contribution in [2.45, 2.75) is 39.7 Å². The van der Waals surface area contributed by atoms with Crippen molar-refractivity contribution in [1.82, 2.24) is 20.3 Å². The van der Waals surface area contributed by atoms with E-state index in [1.165, 1.54) is 6.42 Å².